The Kier molecular flexibility index (Phi) is 2.91. The summed E-state index contributed by atoms with van der Waals surface area (Å²) < 4.78 is 13.1. The fourth-order valence-corrected chi connectivity index (χ4v) is 0.947. The lowest BCUT2D eigenvalue weighted by molar-refractivity contribution is -0.114. The van der Waals surface area contributed by atoms with Gasteiger partial charge in [0.15, 0.2) is 5.78 Å². The number of anilines is 1. The van der Waals surface area contributed by atoms with Crippen LogP contribution in [0, 0.1) is 5.95 Å². The monoisotopic (exact) mass is 196 g/mol. The van der Waals surface area contributed by atoms with Crippen molar-refractivity contribution in [2.24, 2.45) is 0 Å². The van der Waals surface area contributed by atoms with E-state index in [9.17, 15) is 14.0 Å². The molecule has 1 aromatic heterocycles. The van der Waals surface area contributed by atoms with Crippen LogP contribution in [-0.2, 0) is 4.79 Å². The molecule has 0 aliphatic carbocycles. The summed E-state index contributed by atoms with van der Waals surface area (Å²) in [5.74, 6) is -1.51. The van der Waals surface area contributed by atoms with Gasteiger partial charge in [0.2, 0.25) is 11.9 Å². The largest absolute Gasteiger partial charge is 0.311 e. The van der Waals surface area contributed by atoms with Crippen LogP contribution in [-0.4, -0.2) is 16.7 Å². The molecule has 0 atom stereocenters. The third kappa shape index (κ3) is 2.35. The van der Waals surface area contributed by atoms with E-state index >= 15 is 0 Å². The molecular formula is C9H9FN2O2. The summed E-state index contributed by atoms with van der Waals surface area (Å²) in [7, 11) is 0. The molecule has 0 saturated carbocycles. The van der Waals surface area contributed by atoms with Gasteiger partial charge in [0.25, 0.3) is 0 Å². The maximum Gasteiger partial charge on any atom is 0.225 e. The lowest BCUT2D eigenvalue weighted by Crippen LogP contribution is -2.09. The molecule has 0 aliphatic heterocycles. The number of rotatable bonds is 2. The van der Waals surface area contributed by atoms with Gasteiger partial charge in [-0.25, -0.2) is 4.98 Å². The van der Waals surface area contributed by atoms with Crippen molar-refractivity contribution in [3.63, 3.8) is 0 Å². The first kappa shape index (κ1) is 10.3. The number of Topliss-reactive ketones (excluding diaryl/α,β-unsaturated/α-hetero) is 1. The Hall–Kier alpha value is -1.78. The molecule has 0 radical (unpaired) electrons. The number of pyridine rings is 1. The van der Waals surface area contributed by atoms with Gasteiger partial charge in [-0.1, -0.05) is 0 Å². The topological polar surface area (TPSA) is 59.1 Å². The van der Waals surface area contributed by atoms with Gasteiger partial charge in [0.1, 0.15) is 5.82 Å². The zero-order valence-corrected chi connectivity index (χ0v) is 7.80. The van der Waals surface area contributed by atoms with Gasteiger partial charge in [0.05, 0.1) is 5.56 Å². The summed E-state index contributed by atoms with van der Waals surface area (Å²) in [6.45, 7) is 2.54. The molecule has 0 aliphatic rings. The van der Waals surface area contributed by atoms with E-state index < -0.39 is 11.7 Å². The first-order valence-electron chi connectivity index (χ1n) is 3.96. The number of carbonyl (C=O) groups is 2. The van der Waals surface area contributed by atoms with Gasteiger partial charge in [-0.2, -0.15) is 4.39 Å². The first-order chi connectivity index (χ1) is 6.50. The number of aromatic nitrogens is 1. The van der Waals surface area contributed by atoms with Crippen molar-refractivity contribution in [3.8, 4) is 0 Å². The van der Waals surface area contributed by atoms with Crippen molar-refractivity contribution < 1.29 is 14.0 Å². The van der Waals surface area contributed by atoms with E-state index in [0.29, 0.717) is 0 Å². The van der Waals surface area contributed by atoms with Crippen molar-refractivity contribution in [1.82, 2.24) is 4.98 Å². The third-order valence-corrected chi connectivity index (χ3v) is 1.53. The second kappa shape index (κ2) is 3.95. The Morgan fingerprint density at radius 1 is 1.36 bits per heavy atom. The zero-order chi connectivity index (χ0) is 10.7. The van der Waals surface area contributed by atoms with Crippen molar-refractivity contribution >= 4 is 17.5 Å². The number of halogens is 1. The van der Waals surface area contributed by atoms with Crippen LogP contribution in [0.15, 0.2) is 12.1 Å². The Morgan fingerprint density at radius 3 is 2.43 bits per heavy atom. The highest BCUT2D eigenvalue weighted by molar-refractivity contribution is 5.94. The number of ketones is 1. The number of hydrogen-bond acceptors (Lipinski definition) is 3. The number of amides is 1. The minimum Gasteiger partial charge on any atom is -0.311 e. The molecule has 1 aromatic rings. The zero-order valence-electron chi connectivity index (χ0n) is 7.80. The molecule has 4 nitrogen and oxygen atoms in total. The molecular weight excluding hydrogens is 187 g/mol. The molecule has 1 N–H and O–H groups in total. The molecule has 1 heterocycles. The number of carbonyl (C=O) groups excluding carboxylic acids is 2. The SMILES string of the molecule is CC(=O)Nc1ccc(C(C)=O)c(F)n1. The number of nitrogens with one attached hydrogen (secondary N) is 1. The van der Waals surface area contributed by atoms with E-state index in [4.69, 9.17) is 0 Å². The predicted molar refractivity (Wildman–Crippen MR) is 48.5 cm³/mol. The Morgan fingerprint density at radius 2 is 2.00 bits per heavy atom. The average Bonchev–Trinajstić information content (AvgIpc) is 2.01. The summed E-state index contributed by atoms with van der Waals surface area (Å²) in [5.41, 5.74) is -0.0842. The lowest BCUT2D eigenvalue weighted by atomic mass is 10.2. The second-order valence-corrected chi connectivity index (χ2v) is 2.77. The van der Waals surface area contributed by atoms with Crippen LogP contribution in [0.25, 0.3) is 0 Å². The Balaban J connectivity index is 3.00. The van der Waals surface area contributed by atoms with Gasteiger partial charge in [0, 0.05) is 6.92 Å². The standard InChI is InChI=1S/C9H9FN2O2/c1-5(13)7-3-4-8(11-6(2)14)12-9(7)10/h3-4H,1-2H3,(H,11,12,14). The maximum atomic E-state index is 13.1. The Bertz CT molecular complexity index is 390. The van der Waals surface area contributed by atoms with E-state index in [1.807, 2.05) is 0 Å². The van der Waals surface area contributed by atoms with Crippen LogP contribution in [0.1, 0.15) is 24.2 Å². The van der Waals surface area contributed by atoms with Crippen molar-refractivity contribution in [2.75, 3.05) is 5.32 Å². The molecule has 1 rings (SSSR count). The smallest absolute Gasteiger partial charge is 0.225 e. The summed E-state index contributed by atoms with van der Waals surface area (Å²) in [5, 5.41) is 2.31. The number of hydrogen-bond donors (Lipinski definition) is 1. The van der Waals surface area contributed by atoms with E-state index in [-0.39, 0.29) is 17.3 Å². The van der Waals surface area contributed by atoms with Crippen molar-refractivity contribution in [3.05, 3.63) is 23.6 Å². The summed E-state index contributed by atoms with van der Waals surface area (Å²) in [6, 6.07) is 2.66. The molecule has 0 spiro atoms. The van der Waals surface area contributed by atoms with Crippen LogP contribution in [0.2, 0.25) is 0 Å². The van der Waals surface area contributed by atoms with E-state index in [2.05, 4.69) is 10.3 Å². The molecule has 0 bridgehead atoms. The average molecular weight is 196 g/mol. The van der Waals surface area contributed by atoms with Gasteiger partial charge < -0.3 is 5.32 Å². The van der Waals surface area contributed by atoms with Gasteiger partial charge in [-0.05, 0) is 19.1 Å². The van der Waals surface area contributed by atoms with Crippen LogP contribution >= 0.6 is 0 Å². The van der Waals surface area contributed by atoms with Gasteiger partial charge >= 0.3 is 0 Å². The molecule has 1 amide bonds. The third-order valence-electron chi connectivity index (χ3n) is 1.53. The van der Waals surface area contributed by atoms with Crippen LogP contribution in [0.3, 0.4) is 0 Å². The molecule has 0 aromatic carbocycles. The Labute approximate surface area is 80.1 Å². The molecule has 0 fully saturated rings. The van der Waals surface area contributed by atoms with Crippen molar-refractivity contribution in [1.29, 1.82) is 0 Å². The predicted octanol–water partition coefficient (Wildman–Crippen LogP) is 1.38. The van der Waals surface area contributed by atoms with Crippen molar-refractivity contribution in [2.45, 2.75) is 13.8 Å². The molecule has 0 saturated heterocycles. The quantitative estimate of drug-likeness (QED) is 0.574. The highest BCUT2D eigenvalue weighted by Gasteiger charge is 2.09. The summed E-state index contributed by atoms with van der Waals surface area (Å²) >= 11 is 0. The number of nitrogens with zero attached hydrogens (tertiary/aromatic N) is 1. The fourth-order valence-electron chi connectivity index (χ4n) is 0.947. The van der Waals surface area contributed by atoms with Gasteiger partial charge in [-0.3, -0.25) is 9.59 Å². The van der Waals surface area contributed by atoms with E-state index in [1.165, 1.54) is 26.0 Å². The molecule has 0 unspecified atom stereocenters. The lowest BCUT2D eigenvalue weighted by Gasteiger charge is -2.02. The molecule has 74 valence electrons. The van der Waals surface area contributed by atoms with Crippen LogP contribution in [0.4, 0.5) is 10.2 Å². The summed E-state index contributed by atoms with van der Waals surface area (Å²) in [6.07, 6.45) is 0. The van der Waals surface area contributed by atoms with E-state index in [1.54, 1.807) is 0 Å². The van der Waals surface area contributed by atoms with Crippen LogP contribution in [0.5, 0.6) is 0 Å². The van der Waals surface area contributed by atoms with Gasteiger partial charge in [-0.15, -0.1) is 0 Å². The van der Waals surface area contributed by atoms with Crippen LogP contribution < -0.4 is 5.32 Å². The fraction of sp³-hybridized carbons (Fsp3) is 0.222. The second-order valence-electron chi connectivity index (χ2n) is 2.77. The summed E-state index contributed by atoms with van der Waals surface area (Å²) in [4.78, 5) is 24.9. The maximum absolute atomic E-state index is 13.1. The minimum atomic E-state index is -0.872. The van der Waals surface area contributed by atoms with E-state index in [0.717, 1.165) is 0 Å². The minimum absolute atomic E-state index is 0.0842. The normalized spacial score (nSPS) is 9.64. The molecule has 14 heavy (non-hydrogen) atoms. The molecule has 5 heteroatoms. The highest BCUT2D eigenvalue weighted by atomic mass is 19.1. The highest BCUT2D eigenvalue weighted by Crippen LogP contribution is 2.10. The first-order valence-corrected chi connectivity index (χ1v) is 3.96.